The first-order valence-electron chi connectivity index (χ1n) is 10.3. The minimum atomic E-state index is -3.47. The van der Waals surface area contributed by atoms with Crippen LogP contribution in [0.4, 0.5) is 0 Å². The third-order valence-electron chi connectivity index (χ3n) is 5.31. The number of hydrogen-bond donors (Lipinski definition) is 0. The number of carbonyl (C=O) groups excluding carboxylic acids is 1. The lowest BCUT2D eigenvalue weighted by atomic mass is 9.99. The fourth-order valence-electron chi connectivity index (χ4n) is 3.52. The topological polar surface area (TPSA) is 57.7 Å². The van der Waals surface area contributed by atoms with Crippen LogP contribution in [0.3, 0.4) is 0 Å². The first-order valence-corrected chi connectivity index (χ1v) is 11.7. The van der Waals surface area contributed by atoms with E-state index in [1.165, 1.54) is 15.4 Å². The van der Waals surface area contributed by atoms with Crippen molar-refractivity contribution >= 4 is 27.6 Å². The Morgan fingerprint density at radius 1 is 1.03 bits per heavy atom. The van der Waals surface area contributed by atoms with E-state index in [2.05, 4.69) is 18.2 Å². The van der Waals surface area contributed by atoms with Crippen molar-refractivity contribution in [2.45, 2.75) is 25.2 Å². The Morgan fingerprint density at radius 3 is 2.27 bits per heavy atom. The number of carbonyl (C=O) groups is 1. The molecule has 0 fully saturated rings. The number of benzene rings is 2. The summed E-state index contributed by atoms with van der Waals surface area (Å²) >= 11 is 0. The first kappa shape index (κ1) is 22.0. The highest BCUT2D eigenvalue weighted by Gasteiger charge is 2.21. The van der Waals surface area contributed by atoms with Gasteiger partial charge in [0.1, 0.15) is 0 Å². The number of amides is 1. The second-order valence-electron chi connectivity index (χ2n) is 7.12. The van der Waals surface area contributed by atoms with Crippen molar-refractivity contribution < 1.29 is 13.2 Å². The zero-order chi connectivity index (χ0) is 21.6. The standard InChI is InChI=1S/C24H28N2O3S/c1-3-26(4-2)30(28,29)23-13-10-20(11-14-23)12-15-24(27)25-18-16-22(17-19-25)21-8-6-5-7-9-21/h5-16H,3-4,17-19H2,1-2H3/b15-12+. The Morgan fingerprint density at radius 2 is 1.70 bits per heavy atom. The maximum absolute atomic E-state index is 12.5. The molecule has 1 amide bonds. The van der Waals surface area contributed by atoms with E-state index in [4.69, 9.17) is 0 Å². The van der Waals surface area contributed by atoms with Gasteiger partial charge in [-0.2, -0.15) is 4.31 Å². The SMILES string of the molecule is CCN(CC)S(=O)(=O)c1ccc(/C=C/C(=O)N2CC=C(c3ccccc3)CC2)cc1. The minimum absolute atomic E-state index is 0.0433. The van der Waals surface area contributed by atoms with Crippen molar-refractivity contribution in [3.05, 3.63) is 77.9 Å². The molecule has 2 aromatic rings. The van der Waals surface area contributed by atoms with Crippen molar-refractivity contribution in [3.63, 3.8) is 0 Å². The van der Waals surface area contributed by atoms with Crippen LogP contribution in [0.25, 0.3) is 11.6 Å². The summed E-state index contributed by atoms with van der Waals surface area (Å²) in [5.74, 6) is -0.0433. The summed E-state index contributed by atoms with van der Waals surface area (Å²) < 4.78 is 26.5. The van der Waals surface area contributed by atoms with E-state index < -0.39 is 10.0 Å². The molecule has 158 valence electrons. The third kappa shape index (κ3) is 5.07. The molecular weight excluding hydrogens is 396 g/mol. The van der Waals surface area contributed by atoms with Crippen molar-refractivity contribution in [1.29, 1.82) is 0 Å². The smallest absolute Gasteiger partial charge is 0.246 e. The highest BCUT2D eigenvalue weighted by Crippen LogP contribution is 2.22. The van der Waals surface area contributed by atoms with Crippen LogP contribution in [0, 0.1) is 0 Å². The Balaban J connectivity index is 1.62. The molecule has 1 aliphatic rings. The molecule has 0 bridgehead atoms. The number of rotatable bonds is 7. The van der Waals surface area contributed by atoms with Crippen LogP contribution >= 0.6 is 0 Å². The lowest BCUT2D eigenvalue weighted by Crippen LogP contribution is -2.33. The summed E-state index contributed by atoms with van der Waals surface area (Å²) in [7, 11) is -3.47. The second kappa shape index (κ2) is 9.87. The fraction of sp³-hybridized carbons (Fsp3) is 0.292. The summed E-state index contributed by atoms with van der Waals surface area (Å²) in [6.45, 7) is 5.79. The van der Waals surface area contributed by atoms with Gasteiger partial charge in [-0.15, -0.1) is 0 Å². The second-order valence-corrected chi connectivity index (χ2v) is 9.06. The van der Waals surface area contributed by atoms with Gasteiger partial charge in [-0.25, -0.2) is 8.42 Å². The molecule has 5 nitrogen and oxygen atoms in total. The third-order valence-corrected chi connectivity index (χ3v) is 7.37. The monoisotopic (exact) mass is 424 g/mol. The zero-order valence-corrected chi connectivity index (χ0v) is 18.3. The predicted molar refractivity (Wildman–Crippen MR) is 121 cm³/mol. The van der Waals surface area contributed by atoms with Gasteiger partial charge in [0.05, 0.1) is 4.90 Å². The Kier molecular flexibility index (Phi) is 7.24. The highest BCUT2D eigenvalue weighted by atomic mass is 32.2. The summed E-state index contributed by atoms with van der Waals surface area (Å²) in [5, 5.41) is 0. The lowest BCUT2D eigenvalue weighted by molar-refractivity contribution is -0.125. The number of nitrogens with zero attached hydrogens (tertiary/aromatic N) is 2. The van der Waals surface area contributed by atoms with Gasteiger partial charge in [0.2, 0.25) is 15.9 Å². The van der Waals surface area contributed by atoms with Gasteiger partial charge in [-0.1, -0.05) is 62.4 Å². The molecule has 3 rings (SSSR count). The van der Waals surface area contributed by atoms with Gasteiger partial charge < -0.3 is 4.90 Å². The summed E-state index contributed by atoms with van der Waals surface area (Å²) in [4.78, 5) is 14.6. The first-order chi connectivity index (χ1) is 14.5. The van der Waals surface area contributed by atoms with E-state index in [9.17, 15) is 13.2 Å². The predicted octanol–water partition coefficient (Wildman–Crippen LogP) is 4.05. The van der Waals surface area contributed by atoms with Crippen LogP contribution in [-0.4, -0.2) is 49.7 Å². The molecule has 2 aromatic carbocycles. The van der Waals surface area contributed by atoms with Crippen LogP contribution in [0.15, 0.2) is 71.6 Å². The molecule has 6 heteroatoms. The van der Waals surface area contributed by atoms with Gasteiger partial charge in [0.25, 0.3) is 0 Å². The normalized spacial score (nSPS) is 14.9. The van der Waals surface area contributed by atoms with E-state index in [0.29, 0.717) is 26.2 Å². The van der Waals surface area contributed by atoms with Crippen molar-refractivity contribution in [1.82, 2.24) is 9.21 Å². The van der Waals surface area contributed by atoms with Gasteiger partial charge in [0, 0.05) is 32.3 Å². The van der Waals surface area contributed by atoms with Crippen molar-refractivity contribution in [3.8, 4) is 0 Å². The van der Waals surface area contributed by atoms with Crippen molar-refractivity contribution in [2.75, 3.05) is 26.2 Å². The average Bonchev–Trinajstić information content (AvgIpc) is 2.79. The molecule has 1 aliphatic heterocycles. The summed E-state index contributed by atoms with van der Waals surface area (Å²) in [5.41, 5.74) is 3.27. The fourth-order valence-corrected chi connectivity index (χ4v) is 4.98. The molecule has 1 heterocycles. The molecule has 0 saturated carbocycles. The number of hydrogen-bond acceptors (Lipinski definition) is 3. The highest BCUT2D eigenvalue weighted by molar-refractivity contribution is 7.89. The molecule has 0 saturated heterocycles. The minimum Gasteiger partial charge on any atom is -0.335 e. The molecule has 0 radical (unpaired) electrons. The maximum Gasteiger partial charge on any atom is 0.246 e. The Labute approximate surface area is 179 Å². The lowest BCUT2D eigenvalue weighted by Gasteiger charge is -2.25. The van der Waals surface area contributed by atoms with E-state index in [1.54, 1.807) is 36.4 Å². The maximum atomic E-state index is 12.5. The summed E-state index contributed by atoms with van der Waals surface area (Å²) in [6, 6.07) is 16.9. The molecule has 0 aromatic heterocycles. The Bertz CT molecular complexity index is 1020. The molecule has 0 N–H and O–H groups in total. The summed E-state index contributed by atoms with van der Waals surface area (Å²) in [6.07, 6.45) is 6.22. The van der Waals surface area contributed by atoms with Crippen molar-refractivity contribution in [2.24, 2.45) is 0 Å². The van der Waals surface area contributed by atoms with Crippen LogP contribution in [-0.2, 0) is 14.8 Å². The average molecular weight is 425 g/mol. The molecule has 0 aliphatic carbocycles. The Hall–Kier alpha value is -2.70. The van der Waals surface area contributed by atoms with Crippen LogP contribution in [0.1, 0.15) is 31.4 Å². The van der Waals surface area contributed by atoms with Crippen LogP contribution in [0.2, 0.25) is 0 Å². The molecule has 30 heavy (non-hydrogen) atoms. The van der Waals surface area contributed by atoms with Gasteiger partial charge in [0.15, 0.2) is 0 Å². The van der Waals surface area contributed by atoms with Gasteiger partial charge >= 0.3 is 0 Å². The quantitative estimate of drug-likeness (QED) is 0.630. The van der Waals surface area contributed by atoms with Crippen LogP contribution < -0.4 is 0 Å². The molecule has 0 unspecified atom stereocenters. The van der Waals surface area contributed by atoms with Gasteiger partial charge in [-0.3, -0.25) is 4.79 Å². The van der Waals surface area contributed by atoms with E-state index in [0.717, 1.165) is 12.0 Å². The van der Waals surface area contributed by atoms with Crippen LogP contribution in [0.5, 0.6) is 0 Å². The molecule has 0 atom stereocenters. The van der Waals surface area contributed by atoms with E-state index >= 15 is 0 Å². The van der Waals surface area contributed by atoms with E-state index in [1.807, 2.05) is 36.9 Å². The molecule has 0 spiro atoms. The molecular formula is C24H28N2O3S. The van der Waals surface area contributed by atoms with E-state index in [-0.39, 0.29) is 10.8 Å². The number of sulfonamides is 1. The largest absolute Gasteiger partial charge is 0.335 e. The zero-order valence-electron chi connectivity index (χ0n) is 17.5. The van der Waals surface area contributed by atoms with Gasteiger partial charge in [-0.05, 0) is 41.3 Å².